The van der Waals surface area contributed by atoms with Gasteiger partial charge in [-0.2, -0.15) is 0 Å². The molecule has 0 aliphatic heterocycles. The molecule has 2 aromatic carbocycles. The summed E-state index contributed by atoms with van der Waals surface area (Å²) in [6.45, 7) is 36.2. The van der Waals surface area contributed by atoms with Crippen LogP contribution in [-0.4, -0.2) is 76.0 Å². The van der Waals surface area contributed by atoms with Crippen LogP contribution in [0.15, 0.2) is 77.0 Å². The molecule has 0 spiro atoms. The summed E-state index contributed by atoms with van der Waals surface area (Å²) in [7, 11) is 1.94. The molecular formula is C95H146N2O9. The Morgan fingerprint density at radius 2 is 1.05 bits per heavy atom. The minimum atomic E-state index is -0.782. The lowest BCUT2D eigenvalue weighted by Gasteiger charge is -2.60. The summed E-state index contributed by atoms with van der Waals surface area (Å²) in [4.78, 5) is 49.3. The molecule has 11 nitrogen and oxygen atoms in total. The number of hydrogen-bond donors (Lipinski definition) is 4. The van der Waals surface area contributed by atoms with Crippen LogP contribution < -0.4 is 9.64 Å². The van der Waals surface area contributed by atoms with E-state index in [1.807, 2.05) is 36.2 Å². The highest BCUT2D eigenvalue weighted by Crippen LogP contribution is 2.71. The molecule has 11 heteroatoms. The average Bonchev–Trinajstić information content (AvgIpc) is 1.30. The first-order valence-electron chi connectivity index (χ1n) is 43.2. The van der Waals surface area contributed by atoms with E-state index in [-0.39, 0.29) is 47.3 Å². The van der Waals surface area contributed by atoms with E-state index in [4.69, 9.17) is 4.74 Å². The van der Waals surface area contributed by atoms with Gasteiger partial charge in [-0.1, -0.05) is 176 Å². The Balaban J connectivity index is 0.000000159. The predicted octanol–water partition coefficient (Wildman–Crippen LogP) is 23.6. The van der Waals surface area contributed by atoms with Gasteiger partial charge in [0.25, 0.3) is 0 Å². The molecule has 2 aromatic rings. The first kappa shape index (κ1) is 82.2. The number of nitrogens with zero attached hydrogens (tertiary/aromatic N) is 2. The topological polar surface area (TPSA) is 174 Å². The number of allylic oxidation sites excluding steroid dienone is 4. The van der Waals surface area contributed by atoms with Crippen LogP contribution in [0.5, 0.6) is 5.75 Å². The normalized spacial score (nSPS) is 38.9. The molecule has 10 fully saturated rings. The highest BCUT2D eigenvalue weighted by molar-refractivity contribution is 5.94. The minimum Gasteiger partial charge on any atom is -0.491 e. The van der Waals surface area contributed by atoms with Crippen LogP contribution in [-0.2, 0) is 19.8 Å². The fourth-order valence-electron chi connectivity index (χ4n) is 27.7. The first-order valence-corrected chi connectivity index (χ1v) is 43.2. The Labute approximate surface area is 642 Å². The van der Waals surface area contributed by atoms with Crippen molar-refractivity contribution in [3.8, 4) is 5.75 Å². The number of aliphatic hydroxyl groups excluding tert-OH is 1. The zero-order valence-electron chi connectivity index (χ0n) is 69.3. The van der Waals surface area contributed by atoms with E-state index in [1.54, 1.807) is 6.92 Å². The number of carboxylic acids is 2. The van der Waals surface area contributed by atoms with Gasteiger partial charge in [0.05, 0.1) is 5.71 Å². The average molecular weight is 1460 g/mol. The zero-order chi connectivity index (χ0) is 76.7. The third kappa shape index (κ3) is 17.2. The third-order valence-electron chi connectivity index (χ3n) is 33.0. The van der Waals surface area contributed by atoms with Crippen molar-refractivity contribution in [1.82, 2.24) is 0 Å². The summed E-state index contributed by atoms with van der Waals surface area (Å²) in [5.41, 5.74) is 8.26. The van der Waals surface area contributed by atoms with Crippen molar-refractivity contribution in [3.05, 3.63) is 83.0 Å². The molecule has 14 rings (SSSR count). The van der Waals surface area contributed by atoms with Crippen molar-refractivity contribution < 1.29 is 44.4 Å². The number of benzene rings is 2. The SMILES string of the molecule is CC(=O)c1ccc(N(C)CC(O)COc2ccc(C34CCC5CC[C@@](C)(C3)C[C@](C)(CC5)C4)cc2)cc1.CC(C)CCC[C@@H](C)C1CC[C@H]2[C@@H]3CC=C4C/C(=N/O)[C@](C)(CCC(=O)O)C[C@]4(C)[C@H]3CC[C@]12C.CC(C)CCC[C@@H](C)C1CC[C@H]2[C@@H]3CC=C4CC(=O)[C@](C)(CCC(=O)O)C[C@]4(C)[C@H]3CC[C@]12C. The van der Waals surface area contributed by atoms with Crippen LogP contribution in [0.2, 0.25) is 0 Å². The number of Topliss-reactive ketones (excluding diaryl/α,β-unsaturated/α-hetero) is 2. The van der Waals surface area contributed by atoms with Gasteiger partial charge in [-0.3, -0.25) is 19.2 Å². The second-order valence-corrected chi connectivity index (χ2v) is 41.6. The van der Waals surface area contributed by atoms with E-state index < -0.39 is 23.5 Å². The smallest absolute Gasteiger partial charge is 0.303 e. The lowest BCUT2D eigenvalue weighted by Crippen LogP contribution is -2.53. The molecule has 12 aliphatic carbocycles. The lowest BCUT2D eigenvalue weighted by molar-refractivity contribution is -0.141. The molecule has 0 radical (unpaired) electrons. The van der Waals surface area contributed by atoms with Crippen LogP contribution in [0.25, 0.3) is 0 Å². The molecule has 21 atom stereocenters. The van der Waals surface area contributed by atoms with Crippen LogP contribution >= 0.6 is 0 Å². The maximum atomic E-state index is 13.1. The van der Waals surface area contributed by atoms with E-state index in [0.29, 0.717) is 76.7 Å². The fourth-order valence-corrected chi connectivity index (χ4v) is 27.7. The van der Waals surface area contributed by atoms with Crippen molar-refractivity contribution in [1.29, 1.82) is 0 Å². The third-order valence-corrected chi connectivity index (χ3v) is 33.0. The summed E-state index contributed by atoms with van der Waals surface area (Å²) in [6, 6.07) is 16.4. The molecule has 0 heterocycles. The number of anilines is 1. The van der Waals surface area contributed by atoms with Crippen molar-refractivity contribution in [2.45, 2.75) is 327 Å². The van der Waals surface area contributed by atoms with Gasteiger partial charge in [-0.15, -0.1) is 0 Å². The minimum absolute atomic E-state index is 0.0572. The number of carbonyl (C=O) groups is 4. The van der Waals surface area contributed by atoms with E-state index in [9.17, 15) is 39.7 Å². The molecule has 590 valence electrons. The highest BCUT2D eigenvalue weighted by Gasteiger charge is 2.64. The van der Waals surface area contributed by atoms with Gasteiger partial charge in [-0.05, 0) is 311 Å². The maximum absolute atomic E-state index is 13.1. The van der Waals surface area contributed by atoms with Crippen LogP contribution in [0.1, 0.15) is 332 Å². The van der Waals surface area contributed by atoms with Gasteiger partial charge >= 0.3 is 11.9 Å². The van der Waals surface area contributed by atoms with Gasteiger partial charge in [0.2, 0.25) is 0 Å². The highest BCUT2D eigenvalue weighted by atomic mass is 16.5. The quantitative estimate of drug-likeness (QED) is 0.0343. The number of aliphatic hydroxyl groups is 1. The van der Waals surface area contributed by atoms with Crippen molar-refractivity contribution in [2.75, 3.05) is 25.1 Å². The largest absolute Gasteiger partial charge is 0.491 e. The van der Waals surface area contributed by atoms with Crippen molar-refractivity contribution in [2.24, 2.45) is 125 Å². The Morgan fingerprint density at radius 1 is 0.566 bits per heavy atom. The molecule has 0 amide bonds. The summed E-state index contributed by atoms with van der Waals surface area (Å²) < 4.78 is 6.01. The molecule has 10 saturated carbocycles. The molecule has 0 aromatic heterocycles. The molecule has 106 heavy (non-hydrogen) atoms. The van der Waals surface area contributed by atoms with Gasteiger partial charge in [0.15, 0.2) is 5.78 Å². The number of rotatable bonds is 24. The zero-order valence-corrected chi connectivity index (χ0v) is 69.3. The first-order chi connectivity index (χ1) is 49.9. The molecule has 5 unspecified atom stereocenters. The standard InChI is InChI=1S/C33H45NO3.C31H51NO3.C31H50O3/c1-24(35)26-5-9-28(10-6-26)34(4)19-29(36)20-37-30-11-7-27(8-12-30)33-18-15-25-13-16-31(2,22-33)21-32(3,23-33)17-14-25;1-20(2)8-7-9-21(3)24-12-13-25-23-11-10-22-18-27(32-35)29(4,16-15-28(33)34)19-31(22,6)26(23)14-17-30(24,25)5;1-20(2)8-7-9-21(3)24-12-13-25-23-11-10-22-18-27(32)29(4,16-15-28(33)34)19-31(22,6)26(23)14-17-30(24,25)5/h5-12,25,29,36H,13-23H2,1-4H3;10,20-21,23-26,35H,7-9,11-19H2,1-6H3,(H,33,34);10,20-21,23-26H,7-9,11-19H2,1-6H3,(H,33,34)/b;32-27-;/t25?,29?,31-,32+,33?;2*21-,23+,24?,25+,26+,29-,30-,31+/m.11/s1. The van der Waals surface area contributed by atoms with Gasteiger partial charge in [-0.25, -0.2) is 0 Å². The lowest BCUT2D eigenvalue weighted by atomic mass is 9.44. The molecule has 0 saturated heterocycles. The molecule has 12 aliphatic rings. The number of likely N-dealkylation sites (N-methyl/N-ethyl adjacent to an activating group) is 1. The Bertz CT molecular complexity index is 3470. The van der Waals surface area contributed by atoms with Gasteiger partial charge < -0.3 is 30.2 Å². The van der Waals surface area contributed by atoms with Crippen LogP contribution in [0.4, 0.5) is 5.69 Å². The van der Waals surface area contributed by atoms with E-state index in [0.717, 1.165) is 102 Å². The number of ether oxygens (including phenoxy) is 1. The van der Waals surface area contributed by atoms with Crippen molar-refractivity contribution in [3.63, 3.8) is 0 Å². The number of fused-ring (bicyclic) bond motifs is 13. The number of ketones is 2. The van der Waals surface area contributed by atoms with Crippen molar-refractivity contribution >= 4 is 34.9 Å². The maximum Gasteiger partial charge on any atom is 0.303 e. The van der Waals surface area contributed by atoms with E-state index in [1.165, 1.54) is 171 Å². The summed E-state index contributed by atoms with van der Waals surface area (Å²) in [5, 5.41) is 42.8. The van der Waals surface area contributed by atoms with Crippen LogP contribution in [0, 0.1) is 120 Å². The second-order valence-electron chi connectivity index (χ2n) is 41.6. The monoisotopic (exact) mass is 1460 g/mol. The molecule has 4 bridgehead atoms. The number of oxime groups is 1. The predicted molar refractivity (Wildman–Crippen MR) is 432 cm³/mol. The number of hydrogen-bond acceptors (Lipinski definition) is 9. The Kier molecular flexibility index (Phi) is 25.2. The molecular weight excluding hydrogens is 1310 g/mol. The van der Waals surface area contributed by atoms with Crippen LogP contribution in [0.3, 0.4) is 0 Å². The van der Waals surface area contributed by atoms with Gasteiger partial charge in [0, 0.05) is 61.4 Å². The van der Waals surface area contributed by atoms with Gasteiger partial charge in [0.1, 0.15) is 24.2 Å². The number of aliphatic carboxylic acids is 2. The second kappa shape index (κ2) is 32.5. The molecule has 4 N–H and O–H groups in total. The number of carbonyl (C=O) groups excluding carboxylic acids is 2. The van der Waals surface area contributed by atoms with E-state index >= 15 is 0 Å². The fraction of sp³-hybridized carbons (Fsp3) is 0.779. The number of carboxylic acid groups (broad SMARTS) is 2. The summed E-state index contributed by atoms with van der Waals surface area (Å²) >= 11 is 0. The summed E-state index contributed by atoms with van der Waals surface area (Å²) in [6.07, 6.45) is 42.4. The Hall–Kier alpha value is -4.77. The Morgan fingerprint density at radius 3 is 1.53 bits per heavy atom. The van der Waals surface area contributed by atoms with E-state index in [2.05, 4.69) is 139 Å². The summed E-state index contributed by atoms with van der Waals surface area (Å²) in [5.74, 6) is 9.91.